The van der Waals surface area contributed by atoms with Gasteiger partial charge in [-0.3, -0.25) is 0 Å². The minimum atomic E-state index is -4.74. The molecule has 0 saturated carbocycles. The van der Waals surface area contributed by atoms with Crippen LogP contribution < -0.4 is 4.74 Å². The first kappa shape index (κ1) is 14.1. The van der Waals surface area contributed by atoms with Crippen LogP contribution in [0.1, 0.15) is 5.56 Å². The summed E-state index contributed by atoms with van der Waals surface area (Å²) in [6, 6.07) is 9.77. The van der Waals surface area contributed by atoms with Gasteiger partial charge in [0.1, 0.15) is 11.6 Å². The maximum atomic E-state index is 14.0. The molecule has 2 rings (SSSR count). The molecule has 0 unspecified atom stereocenters. The topological polar surface area (TPSA) is 9.23 Å². The highest BCUT2D eigenvalue weighted by Gasteiger charge is 2.30. The van der Waals surface area contributed by atoms with E-state index in [2.05, 4.69) is 11.3 Å². The standard InChI is InChI=1S/C15H10F4O/c1-2-10-4-3-5-13(14(10)16)11-6-8-12(9-7-11)20-15(17,18)19/h2-9H,1H2. The van der Waals surface area contributed by atoms with Crippen molar-refractivity contribution in [2.75, 3.05) is 0 Å². The number of ether oxygens (including phenoxy) is 1. The molecule has 104 valence electrons. The molecular formula is C15H10F4O. The van der Waals surface area contributed by atoms with Crippen molar-refractivity contribution in [3.63, 3.8) is 0 Å². The molecule has 0 radical (unpaired) electrons. The van der Waals surface area contributed by atoms with Crippen LogP contribution in [0.5, 0.6) is 5.75 Å². The second-order valence-electron chi connectivity index (χ2n) is 3.99. The number of halogens is 4. The van der Waals surface area contributed by atoms with Gasteiger partial charge in [0.05, 0.1) is 0 Å². The lowest BCUT2D eigenvalue weighted by molar-refractivity contribution is -0.274. The summed E-state index contributed by atoms with van der Waals surface area (Å²) in [5.74, 6) is -0.812. The Bertz CT molecular complexity index is 615. The Morgan fingerprint density at radius 3 is 2.20 bits per heavy atom. The third kappa shape index (κ3) is 3.17. The maximum absolute atomic E-state index is 14.0. The van der Waals surface area contributed by atoms with E-state index in [-0.39, 0.29) is 5.75 Å². The van der Waals surface area contributed by atoms with Gasteiger partial charge in [-0.1, -0.05) is 43.0 Å². The van der Waals surface area contributed by atoms with Gasteiger partial charge in [-0.05, 0) is 17.7 Å². The quantitative estimate of drug-likeness (QED) is 0.717. The summed E-state index contributed by atoms with van der Waals surface area (Å²) in [6.07, 6.45) is -3.37. The van der Waals surface area contributed by atoms with E-state index in [1.165, 1.54) is 18.2 Å². The van der Waals surface area contributed by atoms with Crippen LogP contribution in [0.3, 0.4) is 0 Å². The molecule has 0 atom stereocenters. The van der Waals surface area contributed by atoms with Gasteiger partial charge in [0.2, 0.25) is 0 Å². The van der Waals surface area contributed by atoms with Crippen molar-refractivity contribution in [3.05, 3.63) is 60.4 Å². The first-order valence-corrected chi connectivity index (χ1v) is 5.68. The van der Waals surface area contributed by atoms with Crippen LogP contribution in [0, 0.1) is 5.82 Å². The van der Waals surface area contributed by atoms with E-state index in [4.69, 9.17) is 0 Å². The summed E-state index contributed by atoms with van der Waals surface area (Å²) in [4.78, 5) is 0. The Kier molecular flexibility index (Phi) is 3.79. The minimum Gasteiger partial charge on any atom is -0.406 e. The molecular weight excluding hydrogens is 272 g/mol. The van der Waals surface area contributed by atoms with E-state index >= 15 is 0 Å². The summed E-state index contributed by atoms with van der Waals surface area (Å²) in [5.41, 5.74) is 1.08. The van der Waals surface area contributed by atoms with Crippen LogP contribution in [0.2, 0.25) is 0 Å². The van der Waals surface area contributed by atoms with E-state index in [1.54, 1.807) is 18.2 Å². The lowest BCUT2D eigenvalue weighted by Gasteiger charge is -2.10. The second-order valence-corrected chi connectivity index (χ2v) is 3.99. The number of alkyl halides is 3. The first-order chi connectivity index (χ1) is 9.40. The lowest BCUT2D eigenvalue weighted by atomic mass is 10.0. The van der Waals surface area contributed by atoms with Gasteiger partial charge in [0.15, 0.2) is 0 Å². The highest BCUT2D eigenvalue weighted by Crippen LogP contribution is 2.29. The van der Waals surface area contributed by atoms with Crippen LogP contribution in [-0.4, -0.2) is 6.36 Å². The summed E-state index contributed by atoms with van der Waals surface area (Å²) in [5, 5.41) is 0. The van der Waals surface area contributed by atoms with Crippen LogP contribution in [0.25, 0.3) is 17.2 Å². The molecule has 0 aromatic heterocycles. The van der Waals surface area contributed by atoms with Crippen molar-refractivity contribution in [1.82, 2.24) is 0 Å². The summed E-state index contributed by atoms with van der Waals surface area (Å²) >= 11 is 0. The van der Waals surface area contributed by atoms with Gasteiger partial charge in [-0.15, -0.1) is 13.2 Å². The summed E-state index contributed by atoms with van der Waals surface area (Å²) in [6.45, 7) is 3.50. The molecule has 0 fully saturated rings. The number of hydrogen-bond donors (Lipinski definition) is 0. The van der Waals surface area contributed by atoms with Crippen molar-refractivity contribution in [3.8, 4) is 16.9 Å². The Morgan fingerprint density at radius 2 is 1.65 bits per heavy atom. The molecule has 0 bridgehead atoms. The van der Waals surface area contributed by atoms with Gasteiger partial charge >= 0.3 is 6.36 Å². The van der Waals surface area contributed by atoms with E-state index < -0.39 is 12.2 Å². The molecule has 20 heavy (non-hydrogen) atoms. The molecule has 0 heterocycles. The Morgan fingerprint density at radius 1 is 1.00 bits per heavy atom. The third-order valence-electron chi connectivity index (χ3n) is 2.65. The van der Waals surface area contributed by atoms with Crippen molar-refractivity contribution >= 4 is 6.08 Å². The highest BCUT2D eigenvalue weighted by molar-refractivity contribution is 5.68. The largest absolute Gasteiger partial charge is 0.573 e. The fourth-order valence-corrected chi connectivity index (χ4v) is 1.77. The van der Waals surface area contributed by atoms with E-state index in [0.29, 0.717) is 16.7 Å². The monoisotopic (exact) mass is 282 g/mol. The van der Waals surface area contributed by atoms with Crippen molar-refractivity contribution < 1.29 is 22.3 Å². The molecule has 0 N–H and O–H groups in total. The Labute approximate surface area is 113 Å². The van der Waals surface area contributed by atoms with Crippen molar-refractivity contribution in [2.24, 2.45) is 0 Å². The van der Waals surface area contributed by atoms with Gasteiger partial charge in [-0.25, -0.2) is 4.39 Å². The fourth-order valence-electron chi connectivity index (χ4n) is 1.77. The molecule has 0 saturated heterocycles. The van der Waals surface area contributed by atoms with Crippen LogP contribution in [0.15, 0.2) is 49.0 Å². The van der Waals surface area contributed by atoms with Crippen molar-refractivity contribution in [2.45, 2.75) is 6.36 Å². The number of benzene rings is 2. The zero-order chi connectivity index (χ0) is 14.8. The molecule has 0 aliphatic carbocycles. The number of rotatable bonds is 3. The SMILES string of the molecule is C=Cc1cccc(-c2ccc(OC(F)(F)F)cc2)c1F. The lowest BCUT2D eigenvalue weighted by Crippen LogP contribution is -2.16. The zero-order valence-corrected chi connectivity index (χ0v) is 10.2. The molecule has 2 aromatic carbocycles. The minimum absolute atomic E-state index is 0.293. The predicted molar refractivity (Wildman–Crippen MR) is 68.6 cm³/mol. The molecule has 1 nitrogen and oxygen atoms in total. The maximum Gasteiger partial charge on any atom is 0.573 e. The third-order valence-corrected chi connectivity index (χ3v) is 2.65. The van der Waals surface area contributed by atoms with Crippen LogP contribution in [-0.2, 0) is 0 Å². The molecule has 2 aromatic rings. The van der Waals surface area contributed by atoms with Gasteiger partial charge in [0, 0.05) is 11.1 Å². The summed E-state index contributed by atoms with van der Waals surface area (Å²) in [7, 11) is 0. The molecule has 0 spiro atoms. The average Bonchev–Trinajstić information content (AvgIpc) is 2.38. The Hall–Kier alpha value is -2.30. The summed E-state index contributed by atoms with van der Waals surface area (Å²) < 4.78 is 53.9. The predicted octanol–water partition coefficient (Wildman–Crippen LogP) is 5.03. The first-order valence-electron chi connectivity index (χ1n) is 5.68. The normalized spacial score (nSPS) is 11.2. The fraction of sp³-hybridized carbons (Fsp3) is 0.0667. The Balaban J connectivity index is 2.33. The van der Waals surface area contributed by atoms with Crippen LogP contribution >= 0.6 is 0 Å². The van der Waals surface area contributed by atoms with E-state index in [1.807, 2.05) is 0 Å². The van der Waals surface area contributed by atoms with Crippen molar-refractivity contribution in [1.29, 1.82) is 0 Å². The zero-order valence-electron chi connectivity index (χ0n) is 10.2. The molecule has 0 aliphatic heterocycles. The number of hydrogen-bond acceptors (Lipinski definition) is 1. The molecule has 0 amide bonds. The van der Waals surface area contributed by atoms with Gasteiger partial charge in [0.25, 0.3) is 0 Å². The van der Waals surface area contributed by atoms with Gasteiger partial charge in [-0.2, -0.15) is 0 Å². The van der Waals surface area contributed by atoms with Crippen LogP contribution in [0.4, 0.5) is 17.6 Å². The van der Waals surface area contributed by atoms with E-state index in [0.717, 1.165) is 12.1 Å². The molecule has 5 heteroatoms. The smallest absolute Gasteiger partial charge is 0.406 e. The highest BCUT2D eigenvalue weighted by atomic mass is 19.4. The molecule has 0 aliphatic rings. The van der Waals surface area contributed by atoms with E-state index in [9.17, 15) is 17.6 Å². The average molecular weight is 282 g/mol. The van der Waals surface area contributed by atoms with Gasteiger partial charge < -0.3 is 4.74 Å². The second kappa shape index (κ2) is 5.36.